The molecule has 1 heteroatoms. The lowest BCUT2D eigenvalue weighted by Crippen LogP contribution is -2.24. The molecule has 1 aromatic carbocycles. The molecule has 1 rings (SSSR count). The molecule has 0 aliphatic carbocycles. The van der Waals surface area contributed by atoms with Gasteiger partial charge in [-0.2, -0.15) is 0 Å². The fourth-order valence-corrected chi connectivity index (χ4v) is 1.27. The molecule has 0 aromatic heterocycles. The van der Waals surface area contributed by atoms with Gasteiger partial charge < -0.3 is 4.74 Å². The first-order valence-corrected chi connectivity index (χ1v) is 4.31. The Bertz CT molecular complexity index is 389. The van der Waals surface area contributed by atoms with Crippen molar-refractivity contribution in [1.29, 1.82) is 0 Å². The van der Waals surface area contributed by atoms with Crippen molar-refractivity contribution in [3.63, 3.8) is 0 Å². The zero-order valence-electron chi connectivity index (χ0n) is 8.37. The van der Waals surface area contributed by atoms with E-state index in [4.69, 9.17) is 11.2 Å². The van der Waals surface area contributed by atoms with Crippen LogP contribution in [0.3, 0.4) is 0 Å². The first-order chi connectivity index (χ1) is 6.79. The van der Waals surface area contributed by atoms with Gasteiger partial charge in [0.2, 0.25) is 5.60 Å². The molecule has 0 spiro atoms. The molecule has 0 saturated carbocycles. The van der Waals surface area contributed by atoms with Crippen LogP contribution in [0.2, 0.25) is 0 Å². The number of methoxy groups -OCH3 is 1. The summed E-state index contributed by atoms with van der Waals surface area (Å²) in [6, 6.07) is 9.58. The highest BCUT2D eigenvalue weighted by atomic mass is 16.5. The Morgan fingerprint density at radius 2 is 1.93 bits per heavy atom. The fourth-order valence-electron chi connectivity index (χ4n) is 1.27. The van der Waals surface area contributed by atoms with Crippen LogP contribution in [0.15, 0.2) is 30.3 Å². The maximum atomic E-state index is 5.46. The molecular formula is C13H12O. The van der Waals surface area contributed by atoms with E-state index in [1.165, 1.54) is 0 Å². The molecule has 0 N–H and O–H groups in total. The van der Waals surface area contributed by atoms with E-state index >= 15 is 0 Å². The molecular weight excluding hydrogens is 172 g/mol. The molecule has 0 heterocycles. The summed E-state index contributed by atoms with van der Waals surface area (Å²) >= 11 is 0. The van der Waals surface area contributed by atoms with Crippen molar-refractivity contribution in [3.05, 3.63) is 35.9 Å². The summed E-state index contributed by atoms with van der Waals surface area (Å²) in [5, 5.41) is 0. The molecule has 0 saturated heterocycles. The van der Waals surface area contributed by atoms with E-state index in [1.807, 2.05) is 30.3 Å². The second kappa shape index (κ2) is 4.51. The number of hydrogen-bond acceptors (Lipinski definition) is 1. The molecule has 14 heavy (non-hydrogen) atoms. The standard InChI is InChI=1S/C13H12O/c1-4-11-13(5-2,14-3)12-9-7-6-8-10-12/h2,6-10H,1,3H3. The van der Waals surface area contributed by atoms with Crippen molar-refractivity contribution < 1.29 is 4.74 Å². The minimum Gasteiger partial charge on any atom is -0.351 e. The average molecular weight is 184 g/mol. The molecule has 1 atom stereocenters. The predicted octanol–water partition coefficient (Wildman–Crippen LogP) is 2.18. The number of rotatable bonds is 2. The van der Waals surface area contributed by atoms with Gasteiger partial charge in [-0.15, -0.1) is 12.3 Å². The molecule has 0 radical (unpaired) electrons. The summed E-state index contributed by atoms with van der Waals surface area (Å²) in [5.74, 6) is 8.28. The monoisotopic (exact) mass is 184 g/mol. The molecule has 1 unspecified atom stereocenters. The minimum atomic E-state index is -0.907. The van der Waals surface area contributed by atoms with Crippen LogP contribution in [0.25, 0.3) is 0 Å². The number of terminal acetylenes is 1. The third kappa shape index (κ3) is 1.79. The van der Waals surface area contributed by atoms with Gasteiger partial charge >= 0.3 is 0 Å². The van der Waals surface area contributed by atoms with Gasteiger partial charge in [0.1, 0.15) is 0 Å². The molecule has 0 fully saturated rings. The van der Waals surface area contributed by atoms with Crippen molar-refractivity contribution in [1.82, 2.24) is 0 Å². The van der Waals surface area contributed by atoms with Crippen LogP contribution < -0.4 is 0 Å². The quantitative estimate of drug-likeness (QED) is 0.640. The van der Waals surface area contributed by atoms with Crippen molar-refractivity contribution in [2.75, 3.05) is 7.11 Å². The fraction of sp³-hybridized carbons (Fsp3) is 0.231. The lowest BCUT2D eigenvalue weighted by atomic mass is 9.95. The van der Waals surface area contributed by atoms with Crippen molar-refractivity contribution >= 4 is 0 Å². The first kappa shape index (κ1) is 10.4. The molecule has 1 nitrogen and oxygen atoms in total. The molecule has 0 aliphatic heterocycles. The summed E-state index contributed by atoms with van der Waals surface area (Å²) in [4.78, 5) is 0. The zero-order chi connectivity index (χ0) is 10.4. The Balaban J connectivity index is 3.24. The number of ether oxygens (including phenoxy) is 1. The van der Waals surface area contributed by atoms with Gasteiger partial charge in [-0.05, 0) is 12.8 Å². The predicted molar refractivity (Wildman–Crippen MR) is 57.4 cm³/mol. The Kier molecular flexibility index (Phi) is 3.35. The number of benzene rings is 1. The number of hydrogen-bond donors (Lipinski definition) is 0. The Morgan fingerprint density at radius 3 is 2.36 bits per heavy atom. The van der Waals surface area contributed by atoms with E-state index in [0.717, 1.165) is 5.56 Å². The van der Waals surface area contributed by atoms with E-state index in [9.17, 15) is 0 Å². The Labute approximate surface area is 85.1 Å². The van der Waals surface area contributed by atoms with Crippen molar-refractivity contribution in [2.24, 2.45) is 0 Å². The third-order valence-electron chi connectivity index (χ3n) is 1.99. The molecule has 0 aliphatic rings. The van der Waals surface area contributed by atoms with Gasteiger partial charge in [0, 0.05) is 12.7 Å². The van der Waals surface area contributed by atoms with Crippen LogP contribution in [0.1, 0.15) is 12.5 Å². The summed E-state index contributed by atoms with van der Waals surface area (Å²) in [7, 11) is 1.57. The van der Waals surface area contributed by atoms with Gasteiger partial charge in [0.25, 0.3) is 0 Å². The average Bonchev–Trinajstić information content (AvgIpc) is 2.27. The van der Waals surface area contributed by atoms with Gasteiger partial charge in [-0.1, -0.05) is 36.3 Å². The summed E-state index contributed by atoms with van der Waals surface area (Å²) in [6.07, 6.45) is 5.46. The maximum Gasteiger partial charge on any atom is 0.215 e. The van der Waals surface area contributed by atoms with Gasteiger partial charge in [0.15, 0.2) is 0 Å². The molecule has 0 bridgehead atoms. The van der Waals surface area contributed by atoms with Crippen molar-refractivity contribution in [3.8, 4) is 24.2 Å². The second-order valence-electron chi connectivity index (χ2n) is 2.77. The molecule has 70 valence electrons. The molecule has 1 aromatic rings. The van der Waals surface area contributed by atoms with Crippen LogP contribution in [0.4, 0.5) is 0 Å². The highest BCUT2D eigenvalue weighted by molar-refractivity contribution is 5.40. The normalized spacial score (nSPS) is 13.2. The van der Waals surface area contributed by atoms with E-state index in [2.05, 4.69) is 17.8 Å². The van der Waals surface area contributed by atoms with E-state index in [0.29, 0.717) is 0 Å². The summed E-state index contributed by atoms with van der Waals surface area (Å²) in [6.45, 7) is 1.74. The zero-order valence-corrected chi connectivity index (χ0v) is 8.37. The lowest BCUT2D eigenvalue weighted by molar-refractivity contribution is 0.0899. The summed E-state index contributed by atoms with van der Waals surface area (Å²) in [5.41, 5.74) is -0.0184. The highest BCUT2D eigenvalue weighted by Crippen LogP contribution is 2.23. The van der Waals surface area contributed by atoms with Gasteiger partial charge in [-0.3, -0.25) is 0 Å². The van der Waals surface area contributed by atoms with E-state index < -0.39 is 5.60 Å². The van der Waals surface area contributed by atoms with E-state index in [-0.39, 0.29) is 0 Å². The van der Waals surface area contributed by atoms with Crippen LogP contribution >= 0.6 is 0 Å². The first-order valence-electron chi connectivity index (χ1n) is 4.31. The van der Waals surface area contributed by atoms with Crippen LogP contribution in [0.5, 0.6) is 0 Å². The Morgan fingerprint density at radius 1 is 1.29 bits per heavy atom. The van der Waals surface area contributed by atoms with Crippen LogP contribution in [-0.4, -0.2) is 7.11 Å². The smallest absolute Gasteiger partial charge is 0.215 e. The SMILES string of the molecule is C#CC(C#CC)(OC)c1ccccc1. The second-order valence-corrected chi connectivity index (χ2v) is 2.77. The molecule has 0 amide bonds. The van der Waals surface area contributed by atoms with Gasteiger partial charge in [-0.25, -0.2) is 0 Å². The lowest BCUT2D eigenvalue weighted by Gasteiger charge is -2.20. The van der Waals surface area contributed by atoms with Crippen LogP contribution in [-0.2, 0) is 10.3 Å². The Hall–Kier alpha value is -1.70. The van der Waals surface area contributed by atoms with Crippen LogP contribution in [0, 0.1) is 24.2 Å². The third-order valence-corrected chi connectivity index (χ3v) is 1.99. The van der Waals surface area contributed by atoms with Crippen molar-refractivity contribution in [2.45, 2.75) is 12.5 Å². The van der Waals surface area contributed by atoms with E-state index in [1.54, 1.807) is 14.0 Å². The highest BCUT2D eigenvalue weighted by Gasteiger charge is 2.26. The summed E-state index contributed by atoms with van der Waals surface area (Å²) < 4.78 is 5.30. The topological polar surface area (TPSA) is 9.23 Å². The van der Waals surface area contributed by atoms with Gasteiger partial charge in [0.05, 0.1) is 0 Å². The minimum absolute atomic E-state index is 0.888. The maximum absolute atomic E-state index is 5.46. The largest absolute Gasteiger partial charge is 0.351 e.